The first-order chi connectivity index (χ1) is 14.6. The Bertz CT molecular complexity index is 583. The van der Waals surface area contributed by atoms with Crippen molar-refractivity contribution in [3.8, 4) is 0 Å². The molecule has 0 spiro atoms. The molecule has 0 aromatic carbocycles. The Hall–Kier alpha value is -2.97. The second-order valence-corrected chi connectivity index (χ2v) is 6.41. The van der Waals surface area contributed by atoms with Gasteiger partial charge in [-0.3, -0.25) is 14.6 Å². The number of nitrogens with two attached hydrogens (primary N) is 5. The van der Waals surface area contributed by atoms with Crippen LogP contribution in [0.3, 0.4) is 0 Å². The van der Waals surface area contributed by atoms with Crippen molar-refractivity contribution in [2.24, 2.45) is 33.7 Å². The molecule has 0 rings (SSSR count). The molecule has 14 N–H and O–H groups in total. The topological polar surface area (TPSA) is 275 Å². The van der Waals surface area contributed by atoms with Crippen molar-refractivity contribution < 1.29 is 29.4 Å². The first kappa shape index (κ1) is 30.2. The fourth-order valence-electron chi connectivity index (χ4n) is 2.18. The van der Waals surface area contributed by atoms with Crippen LogP contribution in [0.15, 0.2) is 4.99 Å². The van der Waals surface area contributed by atoms with Gasteiger partial charge < -0.3 is 49.5 Å². The molecule has 0 bridgehead atoms. The van der Waals surface area contributed by atoms with E-state index in [4.69, 9.17) is 38.9 Å². The Kier molecular flexibility index (Phi) is 18.5. The maximum Gasteiger partial charge on any atom is 0.326 e. The van der Waals surface area contributed by atoms with Gasteiger partial charge in [-0.15, -0.1) is 0 Å². The molecule has 0 heterocycles. The van der Waals surface area contributed by atoms with Crippen molar-refractivity contribution in [2.45, 2.75) is 50.6 Å². The van der Waals surface area contributed by atoms with Crippen LogP contribution in [0.4, 0.5) is 0 Å². The van der Waals surface area contributed by atoms with Gasteiger partial charge in [0.25, 0.3) is 0 Å². The minimum Gasteiger partial charge on any atom is -0.480 e. The summed E-state index contributed by atoms with van der Waals surface area (Å²) in [7, 11) is 0. The smallest absolute Gasteiger partial charge is 0.326 e. The molecule has 180 valence electrons. The highest BCUT2D eigenvalue weighted by molar-refractivity contribution is 5.85. The highest BCUT2D eigenvalue weighted by Crippen LogP contribution is 2.02. The monoisotopic (exact) mass is 448 g/mol. The number of carboxylic acid groups (broad SMARTS) is 2. The second-order valence-electron chi connectivity index (χ2n) is 6.41. The van der Waals surface area contributed by atoms with Crippen LogP contribution in [-0.4, -0.2) is 78.2 Å². The Balaban J connectivity index is 0. The molecule has 0 saturated heterocycles. The summed E-state index contributed by atoms with van der Waals surface area (Å²) < 4.78 is 0. The van der Waals surface area contributed by atoms with E-state index < -0.39 is 35.8 Å². The molecule has 0 aromatic heterocycles. The summed E-state index contributed by atoms with van der Waals surface area (Å²) in [5.74, 6) is -3.04. The molecule has 2 amide bonds. The molecular weight excluding hydrogens is 412 g/mol. The number of carbonyl (C=O) groups excluding carboxylic acids is 2. The number of guanidine groups is 1. The van der Waals surface area contributed by atoms with Crippen molar-refractivity contribution >= 4 is 29.7 Å². The third kappa shape index (κ3) is 18.8. The fourth-order valence-corrected chi connectivity index (χ4v) is 2.18. The number of aliphatic imine (C=N–C) groups is 1. The number of hydrogen-bond donors (Lipinski definition) is 9. The van der Waals surface area contributed by atoms with Gasteiger partial charge in [-0.25, -0.2) is 9.59 Å². The predicted octanol–water partition coefficient (Wildman–Crippen LogP) is -3.40. The highest BCUT2D eigenvalue weighted by atomic mass is 16.4. The Morgan fingerprint density at radius 2 is 1.16 bits per heavy atom. The van der Waals surface area contributed by atoms with E-state index in [1.54, 1.807) is 0 Å². The standard InChI is InChI=1S/C9H19N5O3.C8H17N3O3/c10-5-7(15)14-6(8(16)17)3-1-2-4-13-9(11)12;9-4-2-1-3-6(8(13)14)11-7(12)5-10/h6H,1-5,10H2,(H,14,15)(H,16,17)(H4,11,12,13);6H,1-5,9-10H2,(H,11,12)(H,13,14). The number of hydrogen-bond acceptors (Lipinski definition) is 8. The molecule has 0 aliphatic heterocycles. The molecule has 0 fully saturated rings. The molecule has 0 saturated carbocycles. The van der Waals surface area contributed by atoms with E-state index in [1.807, 2.05) is 0 Å². The molecule has 14 nitrogen and oxygen atoms in total. The minimum atomic E-state index is -1.08. The van der Waals surface area contributed by atoms with E-state index in [1.165, 1.54) is 0 Å². The van der Waals surface area contributed by atoms with E-state index in [0.29, 0.717) is 45.2 Å². The summed E-state index contributed by atoms with van der Waals surface area (Å²) in [4.78, 5) is 47.0. The molecule has 0 radical (unpaired) electrons. The zero-order valence-corrected chi connectivity index (χ0v) is 17.6. The SMILES string of the molecule is NCC(=O)NC(CCCCN=C(N)N)C(=O)O.NCCCCC(NC(=O)CN)C(=O)O. The van der Waals surface area contributed by atoms with Gasteiger partial charge >= 0.3 is 11.9 Å². The van der Waals surface area contributed by atoms with Crippen LogP contribution in [0.2, 0.25) is 0 Å². The third-order valence-corrected chi connectivity index (χ3v) is 3.78. The summed E-state index contributed by atoms with van der Waals surface area (Å²) >= 11 is 0. The summed E-state index contributed by atoms with van der Waals surface area (Å²) in [6.07, 6.45) is 3.39. The Labute approximate surface area is 181 Å². The van der Waals surface area contributed by atoms with Gasteiger partial charge in [0.15, 0.2) is 5.96 Å². The fraction of sp³-hybridized carbons (Fsp3) is 0.706. The number of aliphatic carboxylic acids is 2. The van der Waals surface area contributed by atoms with Crippen LogP contribution >= 0.6 is 0 Å². The molecule has 0 aliphatic carbocycles. The zero-order valence-electron chi connectivity index (χ0n) is 17.6. The number of rotatable bonds is 15. The van der Waals surface area contributed by atoms with E-state index >= 15 is 0 Å². The van der Waals surface area contributed by atoms with Crippen LogP contribution in [0, 0.1) is 0 Å². The van der Waals surface area contributed by atoms with Gasteiger partial charge in [0, 0.05) is 6.54 Å². The van der Waals surface area contributed by atoms with E-state index in [0.717, 1.165) is 6.42 Å². The average Bonchev–Trinajstić information content (AvgIpc) is 2.71. The van der Waals surface area contributed by atoms with Gasteiger partial charge in [0.1, 0.15) is 12.1 Å². The predicted molar refractivity (Wildman–Crippen MR) is 115 cm³/mol. The van der Waals surface area contributed by atoms with E-state index in [2.05, 4.69) is 15.6 Å². The summed E-state index contributed by atoms with van der Waals surface area (Å²) in [6, 6.07) is -1.76. The average molecular weight is 449 g/mol. The van der Waals surface area contributed by atoms with Crippen molar-refractivity contribution in [3.63, 3.8) is 0 Å². The van der Waals surface area contributed by atoms with Gasteiger partial charge in [-0.1, -0.05) is 0 Å². The highest BCUT2D eigenvalue weighted by Gasteiger charge is 2.19. The van der Waals surface area contributed by atoms with E-state index in [-0.39, 0.29) is 19.0 Å². The largest absolute Gasteiger partial charge is 0.480 e. The van der Waals surface area contributed by atoms with Crippen LogP contribution < -0.4 is 39.3 Å². The zero-order chi connectivity index (χ0) is 24.2. The lowest BCUT2D eigenvalue weighted by atomic mass is 10.1. The summed E-state index contributed by atoms with van der Waals surface area (Å²) in [5.41, 5.74) is 25.7. The molecule has 0 aromatic rings. The maximum atomic E-state index is 11.0. The summed E-state index contributed by atoms with van der Waals surface area (Å²) in [6.45, 7) is 0.551. The normalized spacial score (nSPS) is 11.8. The van der Waals surface area contributed by atoms with Crippen LogP contribution in [0.5, 0.6) is 0 Å². The molecular formula is C17H36N8O6. The van der Waals surface area contributed by atoms with Crippen LogP contribution in [0.1, 0.15) is 38.5 Å². The lowest BCUT2D eigenvalue weighted by Gasteiger charge is -2.13. The molecule has 14 heteroatoms. The lowest BCUT2D eigenvalue weighted by Crippen LogP contribution is -2.43. The number of unbranched alkanes of at least 4 members (excludes halogenated alkanes) is 2. The van der Waals surface area contributed by atoms with Crippen LogP contribution in [-0.2, 0) is 19.2 Å². The quantitative estimate of drug-likeness (QED) is 0.0676. The number of amides is 2. The molecule has 31 heavy (non-hydrogen) atoms. The Morgan fingerprint density at radius 3 is 1.48 bits per heavy atom. The van der Waals surface area contributed by atoms with Crippen molar-refractivity contribution in [1.82, 2.24) is 10.6 Å². The number of carbonyl (C=O) groups is 4. The molecule has 2 atom stereocenters. The van der Waals surface area contributed by atoms with Crippen molar-refractivity contribution in [1.29, 1.82) is 0 Å². The van der Waals surface area contributed by atoms with Crippen molar-refractivity contribution in [2.75, 3.05) is 26.2 Å². The van der Waals surface area contributed by atoms with Crippen LogP contribution in [0.25, 0.3) is 0 Å². The molecule has 0 aliphatic rings. The first-order valence-corrected chi connectivity index (χ1v) is 9.78. The van der Waals surface area contributed by atoms with Crippen molar-refractivity contribution in [3.05, 3.63) is 0 Å². The second kappa shape index (κ2) is 19.0. The van der Waals surface area contributed by atoms with Gasteiger partial charge in [-0.05, 0) is 45.1 Å². The lowest BCUT2D eigenvalue weighted by molar-refractivity contribution is -0.142. The number of nitrogens with one attached hydrogen (secondary N) is 2. The minimum absolute atomic E-state index is 0.0104. The van der Waals surface area contributed by atoms with Gasteiger partial charge in [-0.2, -0.15) is 0 Å². The third-order valence-electron chi connectivity index (χ3n) is 3.78. The Morgan fingerprint density at radius 1 is 0.742 bits per heavy atom. The van der Waals surface area contributed by atoms with E-state index in [9.17, 15) is 19.2 Å². The molecule has 2 unspecified atom stereocenters. The van der Waals surface area contributed by atoms with Gasteiger partial charge in [0.2, 0.25) is 11.8 Å². The summed E-state index contributed by atoms with van der Waals surface area (Å²) in [5, 5.41) is 22.2. The number of carboxylic acids is 2. The maximum absolute atomic E-state index is 11.0. The first-order valence-electron chi connectivity index (χ1n) is 9.78. The van der Waals surface area contributed by atoms with Gasteiger partial charge in [0.05, 0.1) is 13.1 Å². The number of nitrogens with zero attached hydrogens (tertiary/aromatic N) is 1.